The highest BCUT2D eigenvalue weighted by molar-refractivity contribution is 5.62. The number of aliphatic carboxylic acids is 1. The van der Waals surface area contributed by atoms with Crippen molar-refractivity contribution in [3.05, 3.63) is 0 Å². The molecule has 0 spiro atoms. The lowest BCUT2D eigenvalue weighted by Crippen LogP contribution is -1.89. The molecule has 0 aliphatic heterocycles. The van der Waals surface area contributed by atoms with Crippen molar-refractivity contribution in [1.29, 1.82) is 0 Å². The van der Waals surface area contributed by atoms with Gasteiger partial charge in [-0.3, -0.25) is 4.79 Å². The summed E-state index contributed by atoms with van der Waals surface area (Å²) in [7, 11) is 3.75. The fraction of sp³-hybridized carbons (Fsp3) is 0.833. The van der Waals surface area contributed by atoms with E-state index in [1.54, 1.807) is 0 Å². The van der Waals surface area contributed by atoms with Crippen LogP contribution in [0.4, 0.5) is 0 Å². The molecule has 0 radical (unpaired) electrons. The summed E-state index contributed by atoms with van der Waals surface area (Å²) in [5, 5.41) is 10.2. The third-order valence-corrected chi connectivity index (χ3v) is 0. The maximum Gasteiger partial charge on any atom is 0.300 e. The van der Waals surface area contributed by atoms with Gasteiger partial charge in [-0.2, -0.15) is 0 Å². The van der Waals surface area contributed by atoms with Gasteiger partial charge >= 0.3 is 0 Å². The molecule has 0 aromatic carbocycles. The maximum atomic E-state index is 9.00. The molecule has 0 amide bonds. The van der Waals surface area contributed by atoms with Crippen LogP contribution < -0.4 is 5.32 Å². The third-order valence-electron chi connectivity index (χ3n) is 0. The third kappa shape index (κ3) is 674. The molecule has 0 unspecified atom stereocenters. The number of hydrogen-bond acceptors (Lipinski definition) is 2. The van der Waals surface area contributed by atoms with Crippen LogP contribution >= 0.6 is 0 Å². The van der Waals surface area contributed by atoms with Crippen LogP contribution in [0.3, 0.4) is 0 Å². The Morgan fingerprint density at radius 2 is 1.33 bits per heavy atom. The van der Waals surface area contributed by atoms with Crippen LogP contribution in [-0.4, -0.2) is 25.2 Å². The summed E-state index contributed by atoms with van der Waals surface area (Å²) in [5.41, 5.74) is 0. The Balaban J connectivity index is -0.0000000646. The van der Waals surface area contributed by atoms with Gasteiger partial charge in [0.05, 0.1) is 0 Å². The molecule has 58 valence electrons. The van der Waals surface area contributed by atoms with Gasteiger partial charge in [0.25, 0.3) is 5.97 Å². The van der Waals surface area contributed by atoms with Crippen LogP contribution in [0.5, 0.6) is 0 Å². The predicted molar refractivity (Wildman–Crippen MR) is 39.6 cm³/mol. The van der Waals surface area contributed by atoms with Crippen molar-refractivity contribution in [3.8, 4) is 0 Å². The second-order valence-corrected chi connectivity index (χ2v) is 1.02. The Hall–Kier alpha value is -0.570. The monoisotopic (exact) mass is 135 g/mol. The van der Waals surface area contributed by atoms with Crippen molar-refractivity contribution >= 4 is 5.97 Å². The lowest BCUT2D eigenvalue weighted by Gasteiger charge is -1.59. The number of rotatable bonds is 0. The highest BCUT2D eigenvalue weighted by atomic mass is 16.4. The first-order valence-corrected chi connectivity index (χ1v) is 2.93. The molecule has 0 fully saturated rings. The lowest BCUT2D eigenvalue weighted by molar-refractivity contribution is -0.134. The summed E-state index contributed by atoms with van der Waals surface area (Å²) in [4.78, 5) is 9.00. The average molecular weight is 135 g/mol. The predicted octanol–water partition coefficient (Wildman–Crippen LogP) is 0.953. The molecule has 0 heterocycles. The van der Waals surface area contributed by atoms with Gasteiger partial charge in [-0.1, -0.05) is 13.8 Å². The van der Waals surface area contributed by atoms with Crippen molar-refractivity contribution in [2.75, 3.05) is 14.1 Å². The molecule has 2 N–H and O–H groups in total. The first-order valence-electron chi connectivity index (χ1n) is 2.93. The van der Waals surface area contributed by atoms with Gasteiger partial charge in [0.15, 0.2) is 0 Å². The summed E-state index contributed by atoms with van der Waals surface area (Å²) < 4.78 is 0. The molecule has 0 saturated carbocycles. The van der Waals surface area contributed by atoms with Crippen molar-refractivity contribution in [2.24, 2.45) is 0 Å². The first-order chi connectivity index (χ1) is 4.15. The smallest absolute Gasteiger partial charge is 0.300 e. The molecule has 0 atom stereocenters. The van der Waals surface area contributed by atoms with Crippen molar-refractivity contribution in [1.82, 2.24) is 5.32 Å². The van der Waals surface area contributed by atoms with Crippen molar-refractivity contribution in [3.63, 3.8) is 0 Å². The Kier molecular flexibility index (Phi) is 45.8. The zero-order valence-corrected chi connectivity index (χ0v) is 6.86. The van der Waals surface area contributed by atoms with E-state index in [0.29, 0.717) is 0 Å². The maximum absolute atomic E-state index is 9.00. The summed E-state index contributed by atoms with van der Waals surface area (Å²) in [6.07, 6.45) is 0. The molecule has 9 heavy (non-hydrogen) atoms. The quantitative estimate of drug-likeness (QED) is 0.520. The summed E-state index contributed by atoms with van der Waals surface area (Å²) in [6, 6.07) is 0. The fourth-order valence-electron chi connectivity index (χ4n) is 0. The molecule has 0 aliphatic carbocycles. The van der Waals surface area contributed by atoms with Crippen LogP contribution in [0.2, 0.25) is 0 Å². The summed E-state index contributed by atoms with van der Waals surface area (Å²) in [6.45, 7) is 5.08. The molecule has 0 saturated heterocycles. The fourth-order valence-corrected chi connectivity index (χ4v) is 0. The Labute approximate surface area is 57.1 Å². The van der Waals surface area contributed by atoms with Gasteiger partial charge in [0, 0.05) is 6.92 Å². The number of hydrogen-bond donors (Lipinski definition) is 2. The van der Waals surface area contributed by atoms with Gasteiger partial charge in [0.1, 0.15) is 0 Å². The molecule has 0 bridgehead atoms. The molecule has 3 heteroatoms. The van der Waals surface area contributed by atoms with E-state index in [1.807, 2.05) is 27.9 Å². The van der Waals surface area contributed by atoms with Crippen molar-refractivity contribution in [2.45, 2.75) is 20.8 Å². The van der Waals surface area contributed by atoms with Crippen LogP contribution in [0, 0.1) is 0 Å². The van der Waals surface area contributed by atoms with Crippen LogP contribution in [0.15, 0.2) is 0 Å². The first kappa shape index (κ1) is 15.8. The topological polar surface area (TPSA) is 49.3 Å². The number of nitrogens with one attached hydrogen (secondary N) is 1. The second-order valence-electron chi connectivity index (χ2n) is 1.02. The Morgan fingerprint density at radius 1 is 1.33 bits per heavy atom. The summed E-state index contributed by atoms with van der Waals surface area (Å²) in [5.74, 6) is -0.833. The number of carbonyl (C=O) groups is 1. The SMILES string of the molecule is CC.CC(=O)O.CNC. The highest BCUT2D eigenvalue weighted by Gasteiger charge is 1.65. The van der Waals surface area contributed by atoms with E-state index in [9.17, 15) is 0 Å². The zero-order chi connectivity index (χ0) is 8.28. The van der Waals surface area contributed by atoms with Crippen LogP contribution in [0.1, 0.15) is 20.8 Å². The number of carboxylic acid groups (broad SMARTS) is 1. The Morgan fingerprint density at radius 3 is 1.33 bits per heavy atom. The second kappa shape index (κ2) is 26.1. The standard InChI is InChI=1S/C2H7N.C2H4O2.C2H6/c1-3-2;1-2(3)4;1-2/h3H,1-2H3;1H3,(H,3,4);1-2H3. The summed E-state index contributed by atoms with van der Waals surface area (Å²) >= 11 is 0. The van der Waals surface area contributed by atoms with E-state index in [-0.39, 0.29) is 0 Å². The number of carboxylic acids is 1. The van der Waals surface area contributed by atoms with Gasteiger partial charge in [0.2, 0.25) is 0 Å². The largest absolute Gasteiger partial charge is 0.481 e. The van der Waals surface area contributed by atoms with Gasteiger partial charge < -0.3 is 10.4 Å². The molecule has 0 aliphatic rings. The zero-order valence-electron chi connectivity index (χ0n) is 6.86. The minimum atomic E-state index is -0.833. The van der Waals surface area contributed by atoms with E-state index < -0.39 is 5.97 Å². The van der Waals surface area contributed by atoms with E-state index in [2.05, 4.69) is 5.32 Å². The van der Waals surface area contributed by atoms with Gasteiger partial charge in [-0.25, -0.2) is 0 Å². The molecule has 3 nitrogen and oxygen atoms in total. The Bertz CT molecular complexity index is 42.3. The molecular formula is C6H17NO2. The van der Waals surface area contributed by atoms with Crippen molar-refractivity contribution < 1.29 is 9.90 Å². The van der Waals surface area contributed by atoms with E-state index >= 15 is 0 Å². The molecular weight excluding hydrogens is 118 g/mol. The van der Waals surface area contributed by atoms with Gasteiger partial charge in [-0.15, -0.1) is 0 Å². The normalized spacial score (nSPS) is 5.44. The van der Waals surface area contributed by atoms with E-state index in [0.717, 1.165) is 6.92 Å². The van der Waals surface area contributed by atoms with Crippen LogP contribution in [0.25, 0.3) is 0 Å². The average Bonchev–Trinajstić information content (AvgIpc) is 1.71. The lowest BCUT2D eigenvalue weighted by atomic mass is 10.9. The van der Waals surface area contributed by atoms with E-state index in [1.165, 1.54) is 0 Å². The van der Waals surface area contributed by atoms with Gasteiger partial charge in [-0.05, 0) is 14.1 Å². The minimum absolute atomic E-state index is 0.833. The molecule has 0 aromatic rings. The molecule has 0 aromatic heterocycles. The highest BCUT2D eigenvalue weighted by Crippen LogP contribution is 1.42. The van der Waals surface area contributed by atoms with E-state index in [4.69, 9.17) is 9.90 Å². The van der Waals surface area contributed by atoms with Crippen LogP contribution in [-0.2, 0) is 4.79 Å². The minimum Gasteiger partial charge on any atom is -0.481 e. The molecule has 0 rings (SSSR count).